The third-order valence-corrected chi connectivity index (χ3v) is 5.80. The smallest absolute Gasteiger partial charge is 0.340 e. The molecule has 2 aromatic heterocycles. The van der Waals surface area contributed by atoms with E-state index in [1.807, 2.05) is 35.8 Å². The lowest BCUT2D eigenvalue weighted by Gasteiger charge is -2.08. The number of nitrogens with one attached hydrogen (secondary N) is 1. The molecule has 0 saturated carbocycles. The van der Waals surface area contributed by atoms with E-state index in [1.165, 1.54) is 11.8 Å². The number of nitrogens with zero attached hydrogens (tertiary/aromatic N) is 3. The first-order chi connectivity index (χ1) is 14.9. The fourth-order valence-electron chi connectivity index (χ4n) is 3.43. The maximum absolute atomic E-state index is 12.9. The van der Waals surface area contributed by atoms with Crippen molar-refractivity contribution in [2.24, 2.45) is 0 Å². The van der Waals surface area contributed by atoms with E-state index in [2.05, 4.69) is 21.8 Å². The van der Waals surface area contributed by atoms with Crippen LogP contribution in [0.2, 0.25) is 0 Å². The number of carbonyl (C=O) groups excluding carboxylic acids is 2. The van der Waals surface area contributed by atoms with Crippen LogP contribution in [0.4, 0.5) is 0 Å². The van der Waals surface area contributed by atoms with E-state index in [0.29, 0.717) is 34.2 Å². The van der Waals surface area contributed by atoms with E-state index in [9.17, 15) is 9.59 Å². The van der Waals surface area contributed by atoms with Gasteiger partial charge in [-0.1, -0.05) is 41.6 Å². The van der Waals surface area contributed by atoms with Gasteiger partial charge in [0.1, 0.15) is 0 Å². The monoisotopic (exact) mass is 438 g/mol. The number of benzene rings is 1. The highest BCUT2D eigenvalue weighted by molar-refractivity contribution is 7.99. The molecule has 162 valence electrons. The van der Waals surface area contributed by atoms with Crippen LogP contribution < -0.4 is 0 Å². The summed E-state index contributed by atoms with van der Waals surface area (Å²) in [5.41, 5.74) is 4.16. The average Bonchev–Trinajstić information content (AvgIpc) is 3.27. The number of H-pyrrole nitrogens is 1. The Bertz CT molecular complexity index is 1130. The van der Waals surface area contributed by atoms with Crippen molar-refractivity contribution < 1.29 is 14.3 Å². The van der Waals surface area contributed by atoms with Crippen molar-refractivity contribution in [3.63, 3.8) is 0 Å². The Hall–Kier alpha value is -3.13. The second-order valence-corrected chi connectivity index (χ2v) is 8.07. The van der Waals surface area contributed by atoms with Crippen molar-refractivity contribution >= 4 is 23.5 Å². The van der Waals surface area contributed by atoms with Gasteiger partial charge in [-0.25, -0.2) is 4.79 Å². The summed E-state index contributed by atoms with van der Waals surface area (Å²) in [6, 6.07) is 8.03. The number of esters is 1. The standard InChI is InChI=1S/C23H26N4O3S/c1-6-11-27-21(17-10-8-9-14(3)12-17)25-26-23(27)31-13-18(28)20-15(4)19(16(5)24-20)22(29)30-7-2/h6,8-10,12,24H,1,7,11,13H2,2-5H3. The molecule has 0 radical (unpaired) electrons. The van der Waals surface area contributed by atoms with Crippen LogP contribution in [0.25, 0.3) is 11.4 Å². The first-order valence-electron chi connectivity index (χ1n) is 10.0. The molecular formula is C23H26N4O3S. The SMILES string of the molecule is C=CCn1c(SCC(=O)c2[nH]c(C)c(C(=O)OCC)c2C)nnc1-c1cccc(C)c1. The summed E-state index contributed by atoms with van der Waals surface area (Å²) in [5.74, 6) is 0.349. The van der Waals surface area contributed by atoms with Crippen molar-refractivity contribution in [2.75, 3.05) is 12.4 Å². The minimum Gasteiger partial charge on any atom is -0.462 e. The van der Waals surface area contributed by atoms with Crippen LogP contribution in [0, 0.1) is 20.8 Å². The van der Waals surface area contributed by atoms with E-state index >= 15 is 0 Å². The van der Waals surface area contributed by atoms with Crippen molar-refractivity contribution in [3.8, 4) is 11.4 Å². The number of allylic oxidation sites excluding steroid dienone is 1. The summed E-state index contributed by atoms with van der Waals surface area (Å²) in [7, 11) is 0. The lowest BCUT2D eigenvalue weighted by molar-refractivity contribution is 0.0525. The molecule has 1 aromatic carbocycles. The molecule has 0 aliphatic heterocycles. The van der Waals surface area contributed by atoms with Gasteiger partial charge < -0.3 is 9.72 Å². The molecule has 0 saturated heterocycles. The summed E-state index contributed by atoms with van der Waals surface area (Å²) in [6.45, 7) is 11.9. The Kier molecular flexibility index (Phi) is 7.12. The Morgan fingerprint density at radius 1 is 1.26 bits per heavy atom. The van der Waals surface area contributed by atoms with E-state index in [1.54, 1.807) is 26.8 Å². The Morgan fingerprint density at radius 3 is 2.71 bits per heavy atom. The first kappa shape index (κ1) is 22.6. The molecule has 1 N–H and O–H groups in total. The predicted octanol–water partition coefficient (Wildman–Crippen LogP) is 4.54. The van der Waals surface area contributed by atoms with E-state index < -0.39 is 5.97 Å². The number of ketones is 1. The largest absolute Gasteiger partial charge is 0.462 e. The summed E-state index contributed by atoms with van der Waals surface area (Å²) < 4.78 is 7.04. The second-order valence-electron chi connectivity index (χ2n) is 7.13. The summed E-state index contributed by atoms with van der Waals surface area (Å²) in [4.78, 5) is 28.1. The fourth-order valence-corrected chi connectivity index (χ4v) is 4.25. The van der Waals surface area contributed by atoms with Crippen molar-refractivity contribution in [1.29, 1.82) is 0 Å². The van der Waals surface area contributed by atoms with Crippen LogP contribution in [0.3, 0.4) is 0 Å². The number of aromatic amines is 1. The van der Waals surface area contributed by atoms with Crippen LogP contribution in [0.15, 0.2) is 42.1 Å². The zero-order valence-electron chi connectivity index (χ0n) is 18.2. The normalized spacial score (nSPS) is 10.8. The number of Topliss-reactive ketones (excluding diaryl/α,β-unsaturated/α-hetero) is 1. The molecular weight excluding hydrogens is 412 g/mol. The van der Waals surface area contributed by atoms with Gasteiger partial charge in [-0.2, -0.15) is 0 Å². The average molecular weight is 439 g/mol. The van der Waals surface area contributed by atoms with Gasteiger partial charge in [-0.15, -0.1) is 16.8 Å². The molecule has 0 aliphatic carbocycles. The van der Waals surface area contributed by atoms with E-state index in [-0.39, 0.29) is 18.1 Å². The molecule has 0 unspecified atom stereocenters. The lowest BCUT2D eigenvalue weighted by atomic mass is 10.1. The maximum Gasteiger partial charge on any atom is 0.340 e. The number of aryl methyl sites for hydroxylation is 2. The molecule has 0 spiro atoms. The zero-order valence-corrected chi connectivity index (χ0v) is 19.0. The second kappa shape index (κ2) is 9.78. The Balaban J connectivity index is 1.82. The fraction of sp³-hybridized carbons (Fsp3) is 0.304. The molecule has 3 aromatic rings. The molecule has 31 heavy (non-hydrogen) atoms. The summed E-state index contributed by atoms with van der Waals surface area (Å²) in [6.07, 6.45) is 1.78. The van der Waals surface area contributed by atoms with Crippen LogP contribution >= 0.6 is 11.8 Å². The van der Waals surface area contributed by atoms with Crippen molar-refractivity contribution in [2.45, 2.75) is 39.4 Å². The van der Waals surface area contributed by atoms with Gasteiger partial charge >= 0.3 is 5.97 Å². The number of hydrogen-bond acceptors (Lipinski definition) is 6. The number of aromatic nitrogens is 4. The highest BCUT2D eigenvalue weighted by atomic mass is 32.2. The number of rotatable bonds is 9. The van der Waals surface area contributed by atoms with Crippen LogP contribution in [-0.4, -0.2) is 43.9 Å². The van der Waals surface area contributed by atoms with Gasteiger partial charge in [-0.3, -0.25) is 9.36 Å². The minimum atomic E-state index is -0.422. The van der Waals surface area contributed by atoms with Crippen LogP contribution in [-0.2, 0) is 11.3 Å². The number of carbonyl (C=O) groups is 2. The molecule has 8 heteroatoms. The van der Waals surface area contributed by atoms with E-state index in [4.69, 9.17) is 4.74 Å². The maximum atomic E-state index is 12.9. The zero-order chi connectivity index (χ0) is 22.5. The van der Waals surface area contributed by atoms with Gasteiger partial charge in [0.25, 0.3) is 0 Å². The van der Waals surface area contributed by atoms with Crippen molar-refractivity contribution in [3.05, 3.63) is 65.0 Å². The summed E-state index contributed by atoms with van der Waals surface area (Å²) >= 11 is 1.31. The number of ether oxygens (including phenoxy) is 1. The van der Waals surface area contributed by atoms with Gasteiger partial charge in [-0.05, 0) is 39.3 Å². The third-order valence-electron chi connectivity index (χ3n) is 4.83. The Labute approximate surface area is 185 Å². The van der Waals surface area contributed by atoms with Gasteiger partial charge in [0.2, 0.25) is 0 Å². The van der Waals surface area contributed by atoms with Gasteiger partial charge in [0, 0.05) is 17.8 Å². The minimum absolute atomic E-state index is 0.119. The van der Waals surface area contributed by atoms with Crippen LogP contribution in [0.1, 0.15) is 44.6 Å². The molecule has 0 bridgehead atoms. The first-order valence-corrected chi connectivity index (χ1v) is 11.0. The Morgan fingerprint density at radius 2 is 2.03 bits per heavy atom. The van der Waals surface area contributed by atoms with E-state index in [0.717, 1.165) is 17.0 Å². The summed E-state index contributed by atoms with van der Waals surface area (Å²) in [5, 5.41) is 9.27. The predicted molar refractivity (Wildman–Crippen MR) is 122 cm³/mol. The van der Waals surface area contributed by atoms with Gasteiger partial charge in [0.15, 0.2) is 16.8 Å². The number of thioether (sulfide) groups is 1. The highest BCUT2D eigenvalue weighted by Crippen LogP contribution is 2.26. The van der Waals surface area contributed by atoms with Crippen molar-refractivity contribution in [1.82, 2.24) is 19.7 Å². The van der Waals surface area contributed by atoms with Gasteiger partial charge in [0.05, 0.1) is 23.6 Å². The quantitative estimate of drug-likeness (QED) is 0.228. The molecule has 3 rings (SSSR count). The lowest BCUT2D eigenvalue weighted by Crippen LogP contribution is -2.09. The highest BCUT2D eigenvalue weighted by Gasteiger charge is 2.23. The molecule has 0 amide bonds. The molecule has 0 fully saturated rings. The molecule has 7 nitrogen and oxygen atoms in total. The third kappa shape index (κ3) is 4.80. The van der Waals surface area contributed by atoms with Crippen LogP contribution in [0.5, 0.6) is 0 Å². The number of hydrogen-bond donors (Lipinski definition) is 1. The molecule has 0 atom stereocenters. The molecule has 2 heterocycles. The molecule has 0 aliphatic rings. The topological polar surface area (TPSA) is 89.9 Å².